The van der Waals surface area contributed by atoms with Crippen LogP contribution in [0.4, 0.5) is 0 Å². The summed E-state index contributed by atoms with van der Waals surface area (Å²) in [5.74, 6) is -0.178. The number of hydrogen-bond acceptors (Lipinski definition) is 4. The third-order valence-corrected chi connectivity index (χ3v) is 9.48. The smallest absolute Gasteiger partial charge is 0.217 e. The van der Waals surface area contributed by atoms with Gasteiger partial charge in [0.2, 0.25) is 5.91 Å². The van der Waals surface area contributed by atoms with Gasteiger partial charge in [0.25, 0.3) is 0 Å². The van der Waals surface area contributed by atoms with Crippen LogP contribution in [-0.2, 0) is 20.6 Å². The van der Waals surface area contributed by atoms with Gasteiger partial charge in [-0.3, -0.25) is 4.79 Å². The second kappa shape index (κ2) is 10.2. The van der Waals surface area contributed by atoms with Gasteiger partial charge in [-0.15, -0.1) is 0 Å². The minimum Gasteiger partial charge on any atom is -0.417 e. The van der Waals surface area contributed by atoms with Crippen LogP contribution in [0.5, 0.6) is 0 Å². The molecule has 26 heavy (non-hydrogen) atoms. The third-order valence-electron chi connectivity index (χ3n) is 4.94. The van der Waals surface area contributed by atoms with Crippen molar-refractivity contribution in [1.29, 1.82) is 0 Å². The van der Waals surface area contributed by atoms with Crippen LogP contribution in [0.15, 0.2) is 30.3 Å². The predicted molar refractivity (Wildman–Crippen MR) is 107 cm³/mol. The molecule has 1 rings (SSSR count). The zero-order valence-corrected chi connectivity index (χ0v) is 18.0. The zero-order chi connectivity index (χ0) is 19.8. The Balaban J connectivity index is 2.49. The normalized spacial score (nSPS) is 14.7. The van der Waals surface area contributed by atoms with E-state index in [1.54, 1.807) is 0 Å². The maximum atomic E-state index is 11.5. The van der Waals surface area contributed by atoms with Gasteiger partial charge in [0.05, 0.1) is 25.4 Å². The quantitative estimate of drug-likeness (QED) is 0.609. The molecule has 0 saturated carbocycles. The first kappa shape index (κ1) is 22.8. The molecule has 5 nitrogen and oxygen atoms in total. The van der Waals surface area contributed by atoms with E-state index in [0.717, 1.165) is 5.56 Å². The average Bonchev–Trinajstić information content (AvgIpc) is 2.53. The molecule has 6 heteroatoms. The van der Waals surface area contributed by atoms with Crippen LogP contribution >= 0.6 is 0 Å². The van der Waals surface area contributed by atoms with E-state index < -0.39 is 20.5 Å². The summed E-state index contributed by atoms with van der Waals surface area (Å²) in [5.41, 5.74) is 1.06. The van der Waals surface area contributed by atoms with Crippen LogP contribution in [-0.4, -0.2) is 44.7 Å². The Morgan fingerprint density at radius 2 is 1.85 bits per heavy atom. The molecule has 0 heterocycles. The monoisotopic (exact) mass is 381 g/mol. The molecular formula is C20H35NO4Si. The van der Waals surface area contributed by atoms with Crippen molar-refractivity contribution in [3.8, 4) is 0 Å². The Hall–Kier alpha value is -1.21. The van der Waals surface area contributed by atoms with Crippen molar-refractivity contribution in [3.05, 3.63) is 35.9 Å². The standard InChI is InChI=1S/C20H35NO4Si/c1-16(22)21-18(15-24-14-17-10-8-7-9-11-17)19(23)12-13-25-26(5,6)20(2,3)4/h7-11,18-19,23H,12-15H2,1-6H3,(H,21,22)/t18-,19-/m1/s1. The minimum absolute atomic E-state index is 0.133. The van der Waals surface area contributed by atoms with E-state index >= 15 is 0 Å². The number of amides is 1. The van der Waals surface area contributed by atoms with Gasteiger partial charge in [0.1, 0.15) is 0 Å². The molecule has 0 bridgehead atoms. The Bertz CT molecular complexity index is 542. The van der Waals surface area contributed by atoms with Crippen molar-refractivity contribution < 1.29 is 19.1 Å². The highest BCUT2D eigenvalue weighted by atomic mass is 28.4. The fraction of sp³-hybridized carbons (Fsp3) is 0.650. The molecule has 0 aliphatic heterocycles. The molecular weight excluding hydrogens is 346 g/mol. The molecule has 1 aromatic carbocycles. The van der Waals surface area contributed by atoms with Crippen LogP contribution in [0.25, 0.3) is 0 Å². The largest absolute Gasteiger partial charge is 0.417 e. The minimum atomic E-state index is -1.84. The van der Waals surface area contributed by atoms with Gasteiger partial charge in [-0.25, -0.2) is 0 Å². The molecule has 0 aromatic heterocycles. The Morgan fingerprint density at radius 3 is 2.38 bits per heavy atom. The number of ether oxygens (including phenoxy) is 1. The summed E-state index contributed by atoms with van der Waals surface area (Å²) in [4.78, 5) is 11.5. The van der Waals surface area contributed by atoms with Crippen molar-refractivity contribution in [1.82, 2.24) is 5.32 Å². The number of aliphatic hydroxyl groups is 1. The zero-order valence-electron chi connectivity index (χ0n) is 17.0. The van der Waals surface area contributed by atoms with Gasteiger partial charge in [-0.2, -0.15) is 0 Å². The molecule has 0 saturated heterocycles. The van der Waals surface area contributed by atoms with Gasteiger partial charge < -0.3 is 19.6 Å². The molecule has 0 unspecified atom stereocenters. The first-order valence-corrected chi connectivity index (χ1v) is 12.1. The Morgan fingerprint density at radius 1 is 1.23 bits per heavy atom. The molecule has 0 spiro atoms. The van der Waals surface area contributed by atoms with E-state index in [-0.39, 0.29) is 17.6 Å². The van der Waals surface area contributed by atoms with Crippen molar-refractivity contribution >= 4 is 14.2 Å². The number of benzene rings is 1. The first-order chi connectivity index (χ1) is 12.0. The Labute approximate surface area is 159 Å². The summed E-state index contributed by atoms with van der Waals surface area (Å²) in [6.07, 6.45) is -0.244. The summed E-state index contributed by atoms with van der Waals surface area (Å²) in [7, 11) is -1.84. The highest BCUT2D eigenvalue weighted by Crippen LogP contribution is 2.36. The maximum absolute atomic E-state index is 11.5. The molecule has 2 N–H and O–H groups in total. The molecule has 0 aliphatic carbocycles. The van der Waals surface area contributed by atoms with Gasteiger partial charge in [-0.1, -0.05) is 51.1 Å². The lowest BCUT2D eigenvalue weighted by molar-refractivity contribution is -0.121. The SMILES string of the molecule is CC(=O)N[C@H](COCc1ccccc1)[C@H](O)CCO[Si](C)(C)C(C)(C)C. The number of carbonyl (C=O) groups is 1. The summed E-state index contributed by atoms with van der Waals surface area (Å²) in [6.45, 7) is 13.6. The van der Waals surface area contributed by atoms with E-state index in [0.29, 0.717) is 19.6 Å². The van der Waals surface area contributed by atoms with Crippen molar-refractivity contribution in [2.75, 3.05) is 13.2 Å². The van der Waals surface area contributed by atoms with Gasteiger partial charge >= 0.3 is 0 Å². The third kappa shape index (κ3) is 7.99. The fourth-order valence-corrected chi connectivity index (χ4v) is 3.30. The second-order valence-electron chi connectivity index (χ2n) is 8.27. The molecule has 1 amide bonds. The van der Waals surface area contributed by atoms with Crippen LogP contribution < -0.4 is 5.32 Å². The lowest BCUT2D eigenvalue weighted by Crippen LogP contribution is -2.47. The molecule has 148 valence electrons. The molecule has 0 aliphatic rings. The summed E-state index contributed by atoms with van der Waals surface area (Å²) in [6, 6.07) is 9.39. The van der Waals surface area contributed by atoms with E-state index in [2.05, 4.69) is 39.2 Å². The number of nitrogens with one attached hydrogen (secondary N) is 1. The van der Waals surface area contributed by atoms with E-state index in [4.69, 9.17) is 9.16 Å². The van der Waals surface area contributed by atoms with Gasteiger partial charge in [-0.05, 0) is 30.1 Å². The predicted octanol–water partition coefficient (Wildman–Crippen LogP) is 3.48. The second-order valence-corrected chi connectivity index (χ2v) is 13.1. The van der Waals surface area contributed by atoms with Crippen LogP contribution in [0, 0.1) is 0 Å². The molecule has 0 radical (unpaired) electrons. The summed E-state index contributed by atoms with van der Waals surface area (Å²) in [5, 5.41) is 13.4. The summed E-state index contributed by atoms with van der Waals surface area (Å²) < 4.78 is 11.8. The number of aliphatic hydroxyl groups excluding tert-OH is 1. The maximum Gasteiger partial charge on any atom is 0.217 e. The highest BCUT2D eigenvalue weighted by molar-refractivity contribution is 6.74. The molecule has 2 atom stereocenters. The molecule has 0 fully saturated rings. The van der Waals surface area contributed by atoms with E-state index in [1.807, 2.05) is 30.3 Å². The number of carbonyl (C=O) groups excluding carboxylic acids is 1. The van der Waals surface area contributed by atoms with E-state index in [1.165, 1.54) is 6.92 Å². The Kier molecular flexibility index (Phi) is 8.96. The van der Waals surface area contributed by atoms with Gasteiger partial charge in [0, 0.05) is 13.5 Å². The molecule has 1 aromatic rings. The van der Waals surface area contributed by atoms with Crippen molar-refractivity contribution in [2.45, 2.75) is 71.0 Å². The highest BCUT2D eigenvalue weighted by Gasteiger charge is 2.37. The number of hydrogen-bond donors (Lipinski definition) is 2. The van der Waals surface area contributed by atoms with Crippen LogP contribution in [0.3, 0.4) is 0 Å². The topological polar surface area (TPSA) is 67.8 Å². The lowest BCUT2D eigenvalue weighted by atomic mass is 10.1. The van der Waals surface area contributed by atoms with Crippen LogP contribution in [0.1, 0.15) is 39.7 Å². The van der Waals surface area contributed by atoms with Crippen molar-refractivity contribution in [2.24, 2.45) is 0 Å². The lowest BCUT2D eigenvalue weighted by Gasteiger charge is -2.36. The van der Waals surface area contributed by atoms with Crippen LogP contribution in [0.2, 0.25) is 18.1 Å². The van der Waals surface area contributed by atoms with E-state index in [9.17, 15) is 9.90 Å². The summed E-state index contributed by atoms with van der Waals surface area (Å²) >= 11 is 0. The fourth-order valence-electron chi connectivity index (χ4n) is 2.24. The first-order valence-electron chi connectivity index (χ1n) is 9.24. The number of rotatable bonds is 10. The van der Waals surface area contributed by atoms with Gasteiger partial charge in [0.15, 0.2) is 8.32 Å². The average molecular weight is 382 g/mol. The van der Waals surface area contributed by atoms with Crippen molar-refractivity contribution in [3.63, 3.8) is 0 Å².